The van der Waals surface area contributed by atoms with E-state index in [1.807, 2.05) is 0 Å². The minimum absolute atomic E-state index is 0.0557. The summed E-state index contributed by atoms with van der Waals surface area (Å²) in [6, 6.07) is 11.4. The average Bonchev–Trinajstić information content (AvgIpc) is 3.47. The third-order valence-corrected chi connectivity index (χ3v) is 6.92. The van der Waals surface area contributed by atoms with Crippen molar-refractivity contribution in [3.8, 4) is 5.75 Å². The number of aliphatic hydroxyl groups is 2. The van der Waals surface area contributed by atoms with Gasteiger partial charge in [-0.25, -0.2) is 0 Å². The smallest absolute Gasteiger partial charge is 0.261 e. The molecule has 0 radical (unpaired) electrons. The number of nitrogens with one attached hydrogen (secondary N) is 2. The number of benzene rings is 2. The first-order valence-corrected chi connectivity index (χ1v) is 12.0. The zero-order valence-corrected chi connectivity index (χ0v) is 20.4. The molecule has 0 saturated carbocycles. The van der Waals surface area contributed by atoms with Gasteiger partial charge in [-0.2, -0.15) is 0 Å². The molecule has 1 fully saturated rings. The van der Waals surface area contributed by atoms with Gasteiger partial charge in [0.25, 0.3) is 11.8 Å². The number of aliphatic hydroxyl groups excluding tert-OH is 1. The van der Waals surface area contributed by atoms with Gasteiger partial charge in [0.15, 0.2) is 5.60 Å². The minimum atomic E-state index is -1.86. The molecular weight excluding hydrogens is 462 g/mol. The maximum atomic E-state index is 12.8. The molecule has 2 aliphatic rings. The lowest BCUT2D eigenvalue weighted by molar-refractivity contribution is -0.137. The van der Waals surface area contributed by atoms with Crippen molar-refractivity contribution in [1.82, 2.24) is 4.90 Å². The quantitative estimate of drug-likeness (QED) is 0.419. The van der Waals surface area contributed by atoms with Gasteiger partial charge in [0.2, 0.25) is 5.91 Å². The highest BCUT2D eigenvalue weighted by atomic mass is 16.5. The van der Waals surface area contributed by atoms with Crippen molar-refractivity contribution >= 4 is 29.1 Å². The number of fused-ring (bicyclic) bond motifs is 1. The summed E-state index contributed by atoms with van der Waals surface area (Å²) in [5, 5.41) is 26.4. The van der Waals surface area contributed by atoms with Crippen LogP contribution in [0, 0.1) is 5.92 Å². The summed E-state index contributed by atoms with van der Waals surface area (Å²) in [6.45, 7) is 2.27. The van der Waals surface area contributed by atoms with E-state index in [-0.39, 0.29) is 30.9 Å². The molecule has 0 unspecified atom stereocenters. The highest BCUT2D eigenvalue weighted by Crippen LogP contribution is 2.43. The van der Waals surface area contributed by atoms with Gasteiger partial charge in [-0.3, -0.25) is 14.4 Å². The maximum Gasteiger partial charge on any atom is 0.261 e. The van der Waals surface area contributed by atoms with Crippen molar-refractivity contribution in [2.45, 2.75) is 37.8 Å². The molecule has 2 aliphatic heterocycles. The first-order chi connectivity index (χ1) is 17.3. The Morgan fingerprint density at radius 2 is 2.03 bits per heavy atom. The van der Waals surface area contributed by atoms with Crippen molar-refractivity contribution in [1.29, 1.82) is 0 Å². The Morgan fingerprint density at radius 1 is 1.28 bits per heavy atom. The highest BCUT2D eigenvalue weighted by molar-refractivity contribution is 6.07. The topological polar surface area (TPSA) is 128 Å². The molecule has 2 heterocycles. The van der Waals surface area contributed by atoms with Gasteiger partial charge in [0.1, 0.15) is 5.75 Å². The Labute approximate surface area is 209 Å². The normalized spacial score (nSPS) is 21.8. The van der Waals surface area contributed by atoms with E-state index in [1.165, 1.54) is 0 Å². The van der Waals surface area contributed by atoms with Gasteiger partial charge < -0.3 is 30.5 Å². The number of methoxy groups -OCH3 is 1. The Balaban J connectivity index is 1.47. The average molecular weight is 494 g/mol. The number of nitrogens with zero attached hydrogens (tertiary/aromatic N) is 1. The van der Waals surface area contributed by atoms with Gasteiger partial charge >= 0.3 is 0 Å². The fourth-order valence-electron chi connectivity index (χ4n) is 4.77. The van der Waals surface area contributed by atoms with Crippen molar-refractivity contribution in [3.63, 3.8) is 0 Å². The van der Waals surface area contributed by atoms with Crippen molar-refractivity contribution in [3.05, 3.63) is 65.7 Å². The second-order valence-corrected chi connectivity index (χ2v) is 9.15. The van der Waals surface area contributed by atoms with Crippen molar-refractivity contribution in [2.75, 3.05) is 30.9 Å². The predicted molar refractivity (Wildman–Crippen MR) is 135 cm³/mol. The van der Waals surface area contributed by atoms with E-state index >= 15 is 0 Å². The summed E-state index contributed by atoms with van der Waals surface area (Å²) >= 11 is 0. The number of anilines is 2. The maximum absolute atomic E-state index is 12.8. The van der Waals surface area contributed by atoms with E-state index in [4.69, 9.17) is 4.74 Å². The predicted octanol–water partition coefficient (Wildman–Crippen LogP) is 2.65. The van der Waals surface area contributed by atoms with E-state index in [2.05, 4.69) is 10.6 Å². The molecule has 0 aliphatic carbocycles. The van der Waals surface area contributed by atoms with E-state index in [0.717, 1.165) is 12.8 Å². The van der Waals surface area contributed by atoms with Crippen LogP contribution in [0.4, 0.5) is 11.4 Å². The highest BCUT2D eigenvalue weighted by Gasteiger charge is 2.48. The summed E-state index contributed by atoms with van der Waals surface area (Å²) in [5.74, 6) is -1.02. The molecule has 190 valence electrons. The number of carbonyl (C=O) groups is 3. The Morgan fingerprint density at radius 3 is 2.72 bits per heavy atom. The molecule has 0 bridgehead atoms. The molecule has 4 N–H and O–H groups in total. The van der Waals surface area contributed by atoms with Crippen LogP contribution >= 0.6 is 0 Å². The van der Waals surface area contributed by atoms with Gasteiger partial charge in [-0.1, -0.05) is 19.1 Å². The fourth-order valence-corrected chi connectivity index (χ4v) is 4.77. The van der Waals surface area contributed by atoms with Crippen LogP contribution in [-0.2, 0) is 15.2 Å². The van der Waals surface area contributed by atoms with Crippen molar-refractivity contribution in [2.24, 2.45) is 5.92 Å². The lowest BCUT2D eigenvalue weighted by atomic mass is 9.82. The molecule has 3 amide bonds. The number of hydrogen-bond acceptors (Lipinski definition) is 6. The first kappa shape index (κ1) is 25.4. The zero-order valence-electron chi connectivity index (χ0n) is 20.4. The molecular formula is C27H31N3O6. The van der Waals surface area contributed by atoms with E-state index in [1.54, 1.807) is 73.6 Å². The van der Waals surface area contributed by atoms with Crippen LogP contribution in [0.5, 0.6) is 5.75 Å². The van der Waals surface area contributed by atoms with Crippen LogP contribution in [0.25, 0.3) is 0 Å². The van der Waals surface area contributed by atoms with Gasteiger partial charge in [0, 0.05) is 41.4 Å². The standard InChI is InChI=1S/C27H31N3O6/c1-17(5-3-7-24(32)30-14-4-6-20(30)16-31)27(35)22-15-19(10-13-23(22)29-26(27)34)28-25(33)18-8-11-21(36-2)12-9-18/h3,5,8-13,15,17,20,31,35H,4,6-7,14,16H2,1-2H3,(H,28,33)(H,29,34)/b5-3+/t17-,20-,27+/m0/s1. The number of amides is 3. The zero-order chi connectivity index (χ0) is 25.9. The summed E-state index contributed by atoms with van der Waals surface area (Å²) in [7, 11) is 1.55. The van der Waals surface area contributed by atoms with Crippen LogP contribution in [0.3, 0.4) is 0 Å². The Hall–Kier alpha value is -3.69. The summed E-state index contributed by atoms with van der Waals surface area (Å²) in [4.78, 5) is 39.7. The lowest BCUT2D eigenvalue weighted by Gasteiger charge is -2.26. The lowest BCUT2D eigenvalue weighted by Crippen LogP contribution is -2.40. The molecule has 3 atom stereocenters. The van der Waals surface area contributed by atoms with E-state index in [0.29, 0.717) is 34.8 Å². The van der Waals surface area contributed by atoms with Crippen LogP contribution in [-0.4, -0.2) is 59.1 Å². The fraction of sp³-hybridized carbons (Fsp3) is 0.370. The Bertz CT molecular complexity index is 1180. The molecule has 1 saturated heterocycles. The molecule has 2 aromatic carbocycles. The number of carbonyl (C=O) groups excluding carboxylic acids is 3. The second kappa shape index (κ2) is 10.5. The van der Waals surface area contributed by atoms with Gasteiger partial charge in [-0.15, -0.1) is 0 Å². The Kier molecular flexibility index (Phi) is 7.42. The summed E-state index contributed by atoms with van der Waals surface area (Å²) < 4.78 is 5.11. The largest absolute Gasteiger partial charge is 0.497 e. The van der Waals surface area contributed by atoms with Gasteiger partial charge in [-0.05, 0) is 55.3 Å². The number of likely N-dealkylation sites (tertiary alicyclic amines) is 1. The van der Waals surface area contributed by atoms with E-state index in [9.17, 15) is 24.6 Å². The first-order valence-electron chi connectivity index (χ1n) is 12.0. The minimum Gasteiger partial charge on any atom is -0.497 e. The molecule has 9 nitrogen and oxygen atoms in total. The van der Waals surface area contributed by atoms with Gasteiger partial charge in [0.05, 0.1) is 19.8 Å². The van der Waals surface area contributed by atoms with Crippen LogP contribution in [0.2, 0.25) is 0 Å². The number of hydrogen-bond donors (Lipinski definition) is 4. The van der Waals surface area contributed by atoms with Crippen LogP contribution < -0.4 is 15.4 Å². The molecule has 4 rings (SSSR count). The molecule has 0 aromatic heterocycles. The van der Waals surface area contributed by atoms with Crippen LogP contribution in [0.15, 0.2) is 54.6 Å². The third-order valence-electron chi connectivity index (χ3n) is 6.92. The van der Waals surface area contributed by atoms with E-state index < -0.39 is 17.4 Å². The number of ether oxygens (including phenoxy) is 1. The van der Waals surface area contributed by atoms with Crippen molar-refractivity contribution < 1.29 is 29.3 Å². The summed E-state index contributed by atoms with van der Waals surface area (Å²) in [5.41, 5.74) is -0.188. The molecule has 0 spiro atoms. The molecule has 36 heavy (non-hydrogen) atoms. The van der Waals surface area contributed by atoms with Crippen LogP contribution in [0.1, 0.15) is 42.1 Å². The third kappa shape index (κ3) is 4.84. The summed E-state index contributed by atoms with van der Waals surface area (Å²) in [6.07, 6.45) is 5.07. The second-order valence-electron chi connectivity index (χ2n) is 9.15. The molecule has 2 aromatic rings. The molecule has 9 heteroatoms. The monoisotopic (exact) mass is 493 g/mol. The number of rotatable bonds is 8. The SMILES string of the molecule is COc1ccc(C(=O)Nc2ccc3c(c2)[C@](O)([C@@H](C)/C=C/CC(=O)N2CCC[C@H]2CO)C(=O)N3)cc1.